The zero-order valence-electron chi connectivity index (χ0n) is 17.8. The minimum Gasteiger partial charge on any atom is -0.482 e. The molecule has 0 aromatic carbocycles. The van der Waals surface area contributed by atoms with E-state index in [0.717, 1.165) is 36.5 Å². The number of alkyl halides is 2. The molecular weight excluding hydrogens is 446 g/mol. The molecule has 0 amide bonds. The van der Waals surface area contributed by atoms with E-state index in [9.17, 15) is 8.78 Å². The third kappa shape index (κ3) is 6.26. The summed E-state index contributed by atoms with van der Waals surface area (Å²) in [6.07, 6.45) is 0.988. The molecule has 0 spiro atoms. The molecule has 2 aromatic rings. The number of ether oxygens (including phenoxy) is 2. The number of nitrogen functional groups attached to an aromatic ring is 1. The summed E-state index contributed by atoms with van der Waals surface area (Å²) in [6, 6.07) is 3.06. The van der Waals surface area contributed by atoms with Crippen molar-refractivity contribution in [1.82, 2.24) is 9.97 Å². The van der Waals surface area contributed by atoms with E-state index in [4.69, 9.17) is 26.8 Å². The van der Waals surface area contributed by atoms with Gasteiger partial charge in [-0.15, -0.1) is 0 Å². The molecule has 0 atom stereocenters. The molecule has 2 N–H and O–H groups in total. The highest BCUT2D eigenvalue weighted by Crippen LogP contribution is 2.38. The highest BCUT2D eigenvalue weighted by atomic mass is 35.5. The number of hydrogen-bond donors (Lipinski definition) is 1. The highest BCUT2D eigenvalue weighted by molar-refractivity contribution is 7.99. The number of rotatable bonds is 8. The van der Waals surface area contributed by atoms with Crippen molar-refractivity contribution < 1.29 is 18.3 Å². The summed E-state index contributed by atoms with van der Waals surface area (Å²) in [5, 5.41) is 0.248. The number of hydrogen-bond acceptors (Lipinski definition) is 7. The van der Waals surface area contributed by atoms with Gasteiger partial charge in [-0.1, -0.05) is 18.5 Å². The van der Waals surface area contributed by atoms with Gasteiger partial charge in [0, 0.05) is 31.9 Å². The Morgan fingerprint density at radius 2 is 2.03 bits per heavy atom. The lowest BCUT2D eigenvalue weighted by molar-refractivity contribution is 0.0804. The standard InChI is InChI=1S/C21H27ClF2N4O2S/c1-13-8-17(30-20-15(29-11-16(23)24)9-14(22)10-26-20)27-19(18(13)25)28(3)12-21(2)4-6-31-7-5-21/h8-10,16H,4-7,11-12,25H2,1-3H3. The maximum atomic E-state index is 12.6. The first kappa shape index (κ1) is 23.7. The van der Waals surface area contributed by atoms with Gasteiger partial charge < -0.3 is 20.1 Å². The van der Waals surface area contributed by atoms with Gasteiger partial charge in [-0.3, -0.25) is 0 Å². The molecule has 1 fully saturated rings. The fraction of sp³-hybridized carbons (Fsp3) is 0.524. The molecule has 0 saturated carbocycles. The van der Waals surface area contributed by atoms with Gasteiger partial charge in [-0.25, -0.2) is 13.8 Å². The summed E-state index contributed by atoms with van der Waals surface area (Å²) in [5.41, 5.74) is 7.87. The molecule has 31 heavy (non-hydrogen) atoms. The molecular formula is C21H27ClF2N4O2S. The fourth-order valence-corrected chi connectivity index (χ4v) is 5.12. The molecule has 0 radical (unpaired) electrons. The average molecular weight is 473 g/mol. The van der Waals surface area contributed by atoms with Crippen LogP contribution in [0.4, 0.5) is 20.3 Å². The number of nitrogens with zero attached hydrogens (tertiary/aromatic N) is 3. The van der Waals surface area contributed by atoms with Crippen LogP contribution < -0.4 is 20.1 Å². The normalized spacial score (nSPS) is 15.7. The van der Waals surface area contributed by atoms with E-state index in [-0.39, 0.29) is 27.9 Å². The van der Waals surface area contributed by atoms with Crippen LogP contribution in [0.1, 0.15) is 25.3 Å². The van der Waals surface area contributed by atoms with Crippen LogP contribution in [-0.2, 0) is 0 Å². The Hall–Kier alpha value is -2.00. The fourth-order valence-electron chi connectivity index (χ4n) is 3.49. The van der Waals surface area contributed by atoms with E-state index in [2.05, 4.69) is 21.8 Å². The Labute approximate surface area is 190 Å². The number of halogens is 3. The van der Waals surface area contributed by atoms with Gasteiger partial charge in [-0.05, 0) is 42.2 Å². The lowest BCUT2D eigenvalue weighted by Crippen LogP contribution is -2.37. The Morgan fingerprint density at radius 1 is 1.32 bits per heavy atom. The molecule has 3 rings (SSSR count). The Kier molecular flexibility index (Phi) is 7.69. The van der Waals surface area contributed by atoms with Crippen LogP contribution in [0.2, 0.25) is 5.02 Å². The van der Waals surface area contributed by atoms with Gasteiger partial charge in [0.1, 0.15) is 6.61 Å². The summed E-state index contributed by atoms with van der Waals surface area (Å²) in [7, 11) is 1.96. The maximum Gasteiger partial charge on any atom is 0.272 e. The van der Waals surface area contributed by atoms with Gasteiger partial charge in [-0.2, -0.15) is 16.7 Å². The SMILES string of the molecule is Cc1cc(Oc2ncc(Cl)cc2OCC(F)F)nc(N(C)CC2(C)CCSCC2)c1N. The summed E-state index contributed by atoms with van der Waals surface area (Å²) >= 11 is 7.91. The minimum atomic E-state index is -2.64. The molecule has 1 aliphatic rings. The molecule has 10 heteroatoms. The number of nitrogens with two attached hydrogens (primary N) is 1. The maximum absolute atomic E-state index is 12.6. The van der Waals surface area contributed by atoms with Crippen LogP contribution in [0.25, 0.3) is 0 Å². The van der Waals surface area contributed by atoms with Gasteiger partial charge in [0.2, 0.25) is 5.88 Å². The molecule has 3 heterocycles. The first-order chi connectivity index (χ1) is 14.7. The van der Waals surface area contributed by atoms with Crippen molar-refractivity contribution >= 4 is 34.9 Å². The van der Waals surface area contributed by atoms with Gasteiger partial charge in [0.15, 0.2) is 11.6 Å². The number of thioether (sulfide) groups is 1. The van der Waals surface area contributed by atoms with Gasteiger partial charge in [0.25, 0.3) is 12.3 Å². The van der Waals surface area contributed by atoms with Crippen molar-refractivity contribution in [3.8, 4) is 17.5 Å². The predicted octanol–water partition coefficient (Wildman–Crippen LogP) is 5.43. The number of aromatic nitrogens is 2. The Balaban J connectivity index is 1.84. The second-order valence-electron chi connectivity index (χ2n) is 8.05. The Morgan fingerprint density at radius 3 is 2.71 bits per heavy atom. The predicted molar refractivity (Wildman–Crippen MR) is 122 cm³/mol. The van der Waals surface area contributed by atoms with Crippen LogP contribution in [0, 0.1) is 12.3 Å². The van der Waals surface area contributed by atoms with Crippen LogP contribution in [0.3, 0.4) is 0 Å². The zero-order valence-corrected chi connectivity index (χ0v) is 19.4. The second-order valence-corrected chi connectivity index (χ2v) is 9.72. The van der Waals surface area contributed by atoms with E-state index >= 15 is 0 Å². The number of pyridine rings is 2. The van der Waals surface area contributed by atoms with Crippen molar-refractivity contribution in [3.05, 3.63) is 28.9 Å². The van der Waals surface area contributed by atoms with Crippen LogP contribution >= 0.6 is 23.4 Å². The molecule has 1 saturated heterocycles. The van der Waals surface area contributed by atoms with Crippen molar-refractivity contribution in [3.63, 3.8) is 0 Å². The van der Waals surface area contributed by atoms with E-state index in [0.29, 0.717) is 11.5 Å². The molecule has 0 unspecified atom stereocenters. The lowest BCUT2D eigenvalue weighted by Gasteiger charge is -2.37. The summed E-state index contributed by atoms with van der Waals surface area (Å²) in [4.78, 5) is 10.7. The third-order valence-electron chi connectivity index (χ3n) is 5.25. The monoisotopic (exact) mass is 472 g/mol. The average Bonchev–Trinajstić information content (AvgIpc) is 2.70. The number of anilines is 2. The van der Waals surface area contributed by atoms with Crippen molar-refractivity contribution in [2.24, 2.45) is 5.41 Å². The smallest absolute Gasteiger partial charge is 0.272 e. The van der Waals surface area contributed by atoms with E-state index in [1.807, 2.05) is 25.7 Å². The van der Waals surface area contributed by atoms with E-state index in [1.54, 1.807) is 6.07 Å². The lowest BCUT2D eigenvalue weighted by atomic mass is 9.83. The van der Waals surface area contributed by atoms with Crippen molar-refractivity contribution in [2.75, 3.05) is 42.3 Å². The summed E-state index contributed by atoms with van der Waals surface area (Å²) in [5.74, 6) is 3.18. The largest absolute Gasteiger partial charge is 0.482 e. The number of aryl methyl sites for hydroxylation is 1. The topological polar surface area (TPSA) is 73.5 Å². The van der Waals surface area contributed by atoms with Crippen LogP contribution in [0.5, 0.6) is 17.5 Å². The minimum absolute atomic E-state index is 0.00610. The molecule has 0 aliphatic carbocycles. The quantitative estimate of drug-likeness (QED) is 0.549. The van der Waals surface area contributed by atoms with Gasteiger partial charge >= 0.3 is 0 Å². The molecule has 1 aliphatic heterocycles. The highest BCUT2D eigenvalue weighted by Gasteiger charge is 2.29. The second kappa shape index (κ2) is 10.1. The molecule has 0 bridgehead atoms. The Bertz CT molecular complexity index is 913. The summed E-state index contributed by atoms with van der Waals surface area (Å²) < 4.78 is 36.1. The molecule has 2 aromatic heterocycles. The first-order valence-corrected chi connectivity index (χ1v) is 11.5. The van der Waals surface area contributed by atoms with Crippen LogP contribution in [-0.4, -0.2) is 48.1 Å². The van der Waals surface area contributed by atoms with E-state index < -0.39 is 13.0 Å². The zero-order chi connectivity index (χ0) is 22.6. The van der Waals surface area contributed by atoms with Crippen LogP contribution in [0.15, 0.2) is 18.3 Å². The van der Waals surface area contributed by atoms with Gasteiger partial charge in [0.05, 0.1) is 10.7 Å². The molecule has 170 valence electrons. The first-order valence-electron chi connectivity index (χ1n) is 9.97. The van der Waals surface area contributed by atoms with Crippen molar-refractivity contribution in [1.29, 1.82) is 0 Å². The summed E-state index contributed by atoms with van der Waals surface area (Å²) in [6.45, 7) is 4.17. The van der Waals surface area contributed by atoms with E-state index in [1.165, 1.54) is 12.3 Å². The third-order valence-corrected chi connectivity index (χ3v) is 6.45. The molecule has 6 nitrogen and oxygen atoms in total. The van der Waals surface area contributed by atoms with Crippen molar-refractivity contribution in [2.45, 2.75) is 33.1 Å².